The van der Waals surface area contributed by atoms with Crippen molar-refractivity contribution >= 4 is 5.91 Å². The molecule has 0 saturated heterocycles. The minimum absolute atomic E-state index is 0.0256. The lowest BCUT2D eigenvalue weighted by Gasteiger charge is -2.15. The van der Waals surface area contributed by atoms with Crippen LogP contribution in [-0.2, 0) is 0 Å². The first-order valence-corrected chi connectivity index (χ1v) is 7.68. The van der Waals surface area contributed by atoms with Crippen LogP contribution in [0.1, 0.15) is 54.1 Å². The number of nitrogens with two attached hydrogens (primary N) is 1. The second-order valence-electron chi connectivity index (χ2n) is 5.99. The van der Waals surface area contributed by atoms with E-state index >= 15 is 0 Å². The molecule has 0 aromatic heterocycles. The van der Waals surface area contributed by atoms with Gasteiger partial charge >= 0.3 is 0 Å². The van der Waals surface area contributed by atoms with Crippen molar-refractivity contribution in [2.45, 2.75) is 39.5 Å². The van der Waals surface area contributed by atoms with Gasteiger partial charge in [-0.2, -0.15) is 0 Å². The monoisotopic (exact) mass is 284 g/mol. The van der Waals surface area contributed by atoms with E-state index in [1.807, 2.05) is 25.1 Å². The van der Waals surface area contributed by atoms with E-state index in [1.54, 1.807) is 0 Å². The molecular formula is C18H24N2O. The van der Waals surface area contributed by atoms with Crippen LogP contribution >= 0.6 is 0 Å². The molecule has 21 heavy (non-hydrogen) atoms. The highest BCUT2D eigenvalue weighted by atomic mass is 16.1. The molecule has 1 aromatic rings. The Bertz CT molecular complexity index is 577. The molecule has 1 aliphatic rings. The molecule has 0 radical (unpaired) electrons. The van der Waals surface area contributed by atoms with E-state index in [9.17, 15) is 4.79 Å². The van der Waals surface area contributed by atoms with Crippen LogP contribution in [0.15, 0.2) is 18.2 Å². The van der Waals surface area contributed by atoms with E-state index in [0.29, 0.717) is 17.5 Å². The lowest BCUT2D eigenvalue weighted by molar-refractivity contribution is 0.0943. The van der Waals surface area contributed by atoms with Gasteiger partial charge < -0.3 is 11.1 Å². The Kier molecular flexibility index (Phi) is 5.03. The average molecular weight is 284 g/mol. The highest BCUT2D eigenvalue weighted by Crippen LogP contribution is 2.48. The Hall–Kier alpha value is -1.79. The number of hydrogen-bond acceptors (Lipinski definition) is 2. The fourth-order valence-electron chi connectivity index (χ4n) is 2.69. The predicted molar refractivity (Wildman–Crippen MR) is 86.0 cm³/mol. The van der Waals surface area contributed by atoms with Gasteiger partial charge in [-0.3, -0.25) is 4.79 Å². The normalized spacial score (nSPS) is 15.0. The Morgan fingerprint density at radius 1 is 1.43 bits per heavy atom. The third-order valence-electron chi connectivity index (χ3n) is 4.11. The molecule has 1 amide bonds. The molecule has 3 nitrogen and oxygen atoms in total. The molecule has 0 atom stereocenters. The molecule has 1 fully saturated rings. The second kappa shape index (κ2) is 6.78. The molecule has 0 bridgehead atoms. The summed E-state index contributed by atoms with van der Waals surface area (Å²) in [5, 5.41) is 3.09. The summed E-state index contributed by atoms with van der Waals surface area (Å²) >= 11 is 0. The Morgan fingerprint density at radius 3 is 2.81 bits per heavy atom. The van der Waals surface area contributed by atoms with Gasteiger partial charge in [-0.25, -0.2) is 0 Å². The van der Waals surface area contributed by atoms with Gasteiger partial charge in [-0.15, -0.1) is 0 Å². The standard InChI is InChI=1S/C18H24N2O/c1-3-8-18(9-10-18)13-20-17(21)16-12-14(2)6-7-15(16)5-4-11-19/h6-7,12H,3,8-11,13,19H2,1-2H3,(H,20,21). The SMILES string of the molecule is CCCC1(CNC(=O)c2cc(C)ccc2C#CCN)CC1. The van der Waals surface area contributed by atoms with Crippen molar-refractivity contribution in [3.63, 3.8) is 0 Å². The Labute approximate surface area is 127 Å². The number of carbonyl (C=O) groups excluding carboxylic acids is 1. The number of hydrogen-bond donors (Lipinski definition) is 2. The van der Waals surface area contributed by atoms with E-state index < -0.39 is 0 Å². The summed E-state index contributed by atoms with van der Waals surface area (Å²) in [6.45, 7) is 5.26. The quantitative estimate of drug-likeness (QED) is 0.817. The van der Waals surface area contributed by atoms with Crippen molar-refractivity contribution in [2.24, 2.45) is 11.1 Å². The van der Waals surface area contributed by atoms with Gasteiger partial charge in [0.1, 0.15) is 0 Å². The summed E-state index contributed by atoms with van der Waals surface area (Å²) in [5.41, 5.74) is 8.25. The zero-order valence-corrected chi connectivity index (χ0v) is 13.0. The van der Waals surface area contributed by atoms with Crippen LogP contribution in [0.25, 0.3) is 0 Å². The van der Waals surface area contributed by atoms with Crippen LogP contribution in [-0.4, -0.2) is 19.0 Å². The number of carbonyl (C=O) groups is 1. The van der Waals surface area contributed by atoms with Crippen LogP contribution in [0.2, 0.25) is 0 Å². The summed E-state index contributed by atoms with van der Waals surface area (Å²) < 4.78 is 0. The molecule has 0 heterocycles. The smallest absolute Gasteiger partial charge is 0.252 e. The Balaban J connectivity index is 2.09. The number of aryl methyl sites for hydroxylation is 1. The molecule has 1 aromatic carbocycles. The molecule has 0 aliphatic heterocycles. The van der Waals surface area contributed by atoms with E-state index in [-0.39, 0.29) is 5.91 Å². The summed E-state index contributed by atoms with van der Waals surface area (Å²) in [7, 11) is 0. The van der Waals surface area contributed by atoms with Crippen LogP contribution in [0, 0.1) is 24.2 Å². The average Bonchev–Trinajstić information content (AvgIpc) is 3.24. The summed E-state index contributed by atoms with van der Waals surface area (Å²) in [5.74, 6) is 5.78. The van der Waals surface area contributed by atoms with Gasteiger partial charge in [0.25, 0.3) is 5.91 Å². The first kappa shape index (κ1) is 15.6. The van der Waals surface area contributed by atoms with Gasteiger partial charge in [0.05, 0.1) is 12.1 Å². The zero-order chi connectivity index (χ0) is 15.3. The van der Waals surface area contributed by atoms with Crippen molar-refractivity contribution < 1.29 is 4.79 Å². The van der Waals surface area contributed by atoms with E-state index in [1.165, 1.54) is 25.7 Å². The van der Waals surface area contributed by atoms with E-state index in [4.69, 9.17) is 5.73 Å². The summed E-state index contributed by atoms with van der Waals surface area (Å²) in [4.78, 5) is 12.4. The van der Waals surface area contributed by atoms with Crippen molar-refractivity contribution in [1.29, 1.82) is 0 Å². The number of nitrogens with one attached hydrogen (secondary N) is 1. The van der Waals surface area contributed by atoms with Crippen LogP contribution in [0.4, 0.5) is 0 Å². The zero-order valence-electron chi connectivity index (χ0n) is 13.0. The van der Waals surface area contributed by atoms with Crippen LogP contribution in [0.3, 0.4) is 0 Å². The number of benzene rings is 1. The van der Waals surface area contributed by atoms with Crippen LogP contribution in [0.5, 0.6) is 0 Å². The first-order valence-electron chi connectivity index (χ1n) is 7.68. The molecule has 3 heteroatoms. The van der Waals surface area contributed by atoms with Gasteiger partial charge in [0.15, 0.2) is 0 Å². The van der Waals surface area contributed by atoms with Gasteiger partial charge in [0, 0.05) is 12.1 Å². The third kappa shape index (κ3) is 4.09. The van der Waals surface area contributed by atoms with Gasteiger partial charge in [-0.1, -0.05) is 36.8 Å². The van der Waals surface area contributed by atoms with Gasteiger partial charge in [0.2, 0.25) is 0 Å². The fraction of sp³-hybridized carbons (Fsp3) is 0.500. The lowest BCUT2D eigenvalue weighted by Crippen LogP contribution is -2.30. The molecule has 3 N–H and O–H groups in total. The largest absolute Gasteiger partial charge is 0.351 e. The molecule has 1 saturated carbocycles. The minimum Gasteiger partial charge on any atom is -0.351 e. The topological polar surface area (TPSA) is 55.1 Å². The molecule has 1 aliphatic carbocycles. The maximum atomic E-state index is 12.4. The molecular weight excluding hydrogens is 260 g/mol. The van der Waals surface area contributed by atoms with E-state index in [0.717, 1.165) is 17.7 Å². The van der Waals surface area contributed by atoms with Crippen molar-refractivity contribution in [3.05, 3.63) is 34.9 Å². The third-order valence-corrected chi connectivity index (χ3v) is 4.11. The van der Waals surface area contributed by atoms with Gasteiger partial charge in [-0.05, 0) is 43.7 Å². The maximum absolute atomic E-state index is 12.4. The highest BCUT2D eigenvalue weighted by Gasteiger charge is 2.41. The first-order chi connectivity index (χ1) is 10.1. The van der Waals surface area contributed by atoms with Crippen molar-refractivity contribution in [3.8, 4) is 11.8 Å². The number of rotatable bonds is 5. The summed E-state index contributed by atoms with van der Waals surface area (Å²) in [6, 6.07) is 5.76. The van der Waals surface area contributed by atoms with Crippen molar-refractivity contribution in [1.82, 2.24) is 5.32 Å². The maximum Gasteiger partial charge on any atom is 0.252 e. The lowest BCUT2D eigenvalue weighted by atomic mass is 10.00. The molecule has 112 valence electrons. The van der Waals surface area contributed by atoms with E-state index in [2.05, 4.69) is 24.1 Å². The predicted octanol–water partition coefficient (Wildman–Crippen LogP) is 2.62. The highest BCUT2D eigenvalue weighted by molar-refractivity contribution is 5.97. The second-order valence-corrected chi connectivity index (χ2v) is 5.99. The van der Waals surface area contributed by atoms with Crippen molar-refractivity contribution in [2.75, 3.05) is 13.1 Å². The summed E-state index contributed by atoms with van der Waals surface area (Å²) in [6.07, 6.45) is 4.83. The fourth-order valence-corrected chi connectivity index (χ4v) is 2.69. The molecule has 0 spiro atoms. The number of amides is 1. The minimum atomic E-state index is -0.0256. The Morgan fingerprint density at radius 2 is 2.19 bits per heavy atom. The molecule has 2 rings (SSSR count). The van der Waals surface area contributed by atoms with Crippen LogP contribution < -0.4 is 11.1 Å². The molecule has 0 unspecified atom stereocenters.